The molecule has 10 N–H and O–H groups in total. The Kier molecular flexibility index (Phi) is 11.4. The predicted octanol–water partition coefficient (Wildman–Crippen LogP) is -1.30. The lowest BCUT2D eigenvalue weighted by Gasteiger charge is -2.20. The zero-order valence-corrected chi connectivity index (χ0v) is 27.8. The minimum atomic E-state index is -5.41. The fraction of sp³-hybridized carbons (Fsp3) is 0.462. The maximum absolute atomic E-state index is 12.6. The SMILES string of the molecule is C#CCCSc1nc2c(N)ccnc2n1[C@@H]1O[C@H](COP(=O)(O)OP(=O)(O)OC[C@@H]2O[C@H]([n+]3cccc(C(N)=O)c3)C(O)[C@@H]2O)[C@H](O)C1O. The predicted molar refractivity (Wildman–Crippen MR) is 166 cm³/mol. The molecule has 20 nitrogen and oxygen atoms in total. The molecular formula is C26H33N6O14P2S+. The number of aliphatic hydroxyl groups excluding tert-OH is 4. The van der Waals surface area contributed by atoms with E-state index in [0.29, 0.717) is 22.8 Å². The van der Waals surface area contributed by atoms with Gasteiger partial charge in [0.15, 0.2) is 35.5 Å². The highest BCUT2D eigenvalue weighted by Crippen LogP contribution is 2.60. The largest absolute Gasteiger partial charge is 0.481 e. The number of hydrogen-bond donors (Lipinski definition) is 8. The number of phosphoric ester groups is 2. The Morgan fingerprint density at radius 3 is 2.37 bits per heavy atom. The summed E-state index contributed by atoms with van der Waals surface area (Å²) in [5.74, 6) is 2.16. The van der Waals surface area contributed by atoms with Crippen LogP contribution in [-0.2, 0) is 32.0 Å². The van der Waals surface area contributed by atoms with Gasteiger partial charge in [-0.3, -0.25) is 18.4 Å². The molecule has 4 unspecified atom stereocenters. The number of imidazole rings is 1. The van der Waals surface area contributed by atoms with E-state index in [1.54, 1.807) is 0 Å². The van der Waals surface area contributed by atoms with E-state index in [1.165, 1.54) is 57.7 Å². The molecule has 266 valence electrons. The first-order valence-electron chi connectivity index (χ1n) is 14.3. The fourth-order valence-corrected chi connectivity index (χ4v) is 8.00. The van der Waals surface area contributed by atoms with Crippen molar-refractivity contribution in [3.63, 3.8) is 0 Å². The molecule has 2 saturated heterocycles. The van der Waals surface area contributed by atoms with E-state index in [0.717, 1.165) is 0 Å². The number of aliphatic hydroxyl groups is 4. The number of thioether (sulfide) groups is 1. The van der Waals surface area contributed by atoms with Crippen molar-refractivity contribution in [1.29, 1.82) is 0 Å². The third-order valence-electron chi connectivity index (χ3n) is 7.40. The van der Waals surface area contributed by atoms with E-state index in [4.69, 9.17) is 36.4 Å². The molecule has 0 aromatic carbocycles. The zero-order valence-electron chi connectivity index (χ0n) is 25.2. The summed E-state index contributed by atoms with van der Waals surface area (Å²) in [6.07, 6.45) is -2.26. The number of amides is 1. The summed E-state index contributed by atoms with van der Waals surface area (Å²) in [6.45, 7) is -1.82. The summed E-state index contributed by atoms with van der Waals surface area (Å²) in [5, 5.41) is 42.7. The van der Waals surface area contributed by atoms with Crippen LogP contribution in [0.5, 0.6) is 0 Å². The summed E-state index contributed by atoms with van der Waals surface area (Å²) in [6, 6.07) is 4.36. The van der Waals surface area contributed by atoms with Gasteiger partial charge in [-0.25, -0.2) is 19.1 Å². The number of terminal acetylenes is 1. The van der Waals surface area contributed by atoms with Gasteiger partial charge in [0.2, 0.25) is 0 Å². The standard InChI is InChI=1S/C26H32N6O14P2S/c1-2-3-9-49-26-30-17-14(27)6-7-29-23(17)32(26)25-21(36)19(34)16(45-25)12-43-48(40,41)46-47(38,39)42-11-15-18(33)20(35)24(44-15)31-8-4-5-13(10-31)22(28)37/h1,4-8,10,15-16,18-21,24-25,33-36H,3,9,11-12H2,(H5-,27,28,29,37,38,39,40,41)/p+1/t15-,16+,18+,19-,20?,21?,24-,25+/m0/s1. The number of nitrogen functional groups attached to an aromatic ring is 1. The minimum Gasteiger partial charge on any atom is -0.397 e. The van der Waals surface area contributed by atoms with Gasteiger partial charge < -0.3 is 51.2 Å². The van der Waals surface area contributed by atoms with Gasteiger partial charge in [0.05, 0.1) is 18.9 Å². The number of fused-ring (bicyclic) bond motifs is 1. The van der Waals surface area contributed by atoms with Crippen LogP contribution >= 0.6 is 27.4 Å². The molecule has 10 atom stereocenters. The molecule has 2 aliphatic rings. The molecule has 0 saturated carbocycles. The lowest BCUT2D eigenvalue weighted by molar-refractivity contribution is -0.765. The molecule has 1 amide bonds. The fourth-order valence-electron chi connectivity index (χ4n) is 5.02. The van der Waals surface area contributed by atoms with Gasteiger partial charge in [-0.2, -0.15) is 8.88 Å². The lowest BCUT2D eigenvalue weighted by Crippen LogP contribution is -2.46. The van der Waals surface area contributed by atoms with Gasteiger partial charge in [-0.15, -0.1) is 12.3 Å². The van der Waals surface area contributed by atoms with Crippen molar-refractivity contribution in [2.45, 2.75) is 60.7 Å². The number of rotatable bonds is 14. The van der Waals surface area contributed by atoms with Crippen molar-refractivity contribution in [2.24, 2.45) is 5.73 Å². The van der Waals surface area contributed by atoms with E-state index in [2.05, 4.69) is 20.2 Å². The average Bonchev–Trinajstić information content (AvgIpc) is 3.65. The maximum atomic E-state index is 12.6. The Balaban J connectivity index is 1.20. The van der Waals surface area contributed by atoms with Gasteiger partial charge >= 0.3 is 15.6 Å². The second-order valence-electron chi connectivity index (χ2n) is 10.7. The van der Waals surface area contributed by atoms with Crippen LogP contribution in [0.2, 0.25) is 0 Å². The van der Waals surface area contributed by atoms with Gasteiger partial charge in [0.1, 0.15) is 41.6 Å². The van der Waals surface area contributed by atoms with Crippen LogP contribution in [0.25, 0.3) is 11.2 Å². The number of pyridine rings is 2. The summed E-state index contributed by atoms with van der Waals surface area (Å²) < 4.78 is 52.9. The maximum Gasteiger partial charge on any atom is 0.481 e. The first-order chi connectivity index (χ1) is 23.1. The Morgan fingerprint density at radius 1 is 1.06 bits per heavy atom. The first-order valence-corrected chi connectivity index (χ1v) is 18.3. The molecule has 49 heavy (non-hydrogen) atoms. The Hall–Kier alpha value is -3.03. The molecular weight excluding hydrogens is 714 g/mol. The van der Waals surface area contributed by atoms with Crippen molar-refractivity contribution in [3.8, 4) is 12.3 Å². The van der Waals surface area contributed by atoms with E-state index in [1.807, 2.05) is 0 Å². The number of hydrogen-bond acceptors (Lipinski definition) is 16. The number of nitrogens with zero attached hydrogens (tertiary/aromatic N) is 4. The quantitative estimate of drug-likeness (QED) is 0.0313. The number of ether oxygens (including phenoxy) is 2. The number of carbonyl (C=O) groups is 1. The molecule has 5 heterocycles. The van der Waals surface area contributed by atoms with Crippen LogP contribution in [0, 0.1) is 12.3 Å². The summed E-state index contributed by atoms with van der Waals surface area (Å²) in [7, 11) is -10.8. The number of phosphoric acid groups is 2. The number of aromatic nitrogens is 4. The molecule has 2 aliphatic heterocycles. The molecule has 2 fully saturated rings. The van der Waals surface area contributed by atoms with Crippen LogP contribution in [0.1, 0.15) is 29.2 Å². The van der Waals surface area contributed by atoms with Crippen LogP contribution in [0.15, 0.2) is 41.9 Å². The third-order valence-corrected chi connectivity index (χ3v) is 11.0. The van der Waals surface area contributed by atoms with E-state index in [9.17, 15) is 44.1 Å². The average molecular weight is 748 g/mol. The molecule has 0 spiro atoms. The smallest absolute Gasteiger partial charge is 0.397 e. The summed E-state index contributed by atoms with van der Waals surface area (Å²) in [4.78, 5) is 40.5. The number of nitrogens with two attached hydrogens (primary N) is 2. The lowest BCUT2D eigenvalue weighted by atomic mass is 10.1. The number of primary amides is 1. The van der Waals surface area contributed by atoms with E-state index >= 15 is 0 Å². The highest BCUT2D eigenvalue weighted by Gasteiger charge is 2.50. The van der Waals surface area contributed by atoms with Crippen LogP contribution in [-0.4, -0.2) is 106 Å². The van der Waals surface area contributed by atoms with Gasteiger partial charge in [0, 0.05) is 24.4 Å². The topological polar surface area (TPSA) is 305 Å². The Morgan fingerprint density at radius 2 is 1.71 bits per heavy atom. The molecule has 23 heteroatoms. The van der Waals surface area contributed by atoms with Crippen LogP contribution in [0.4, 0.5) is 5.69 Å². The van der Waals surface area contributed by atoms with Crippen molar-refractivity contribution >= 4 is 50.2 Å². The Bertz CT molecular complexity index is 1830. The van der Waals surface area contributed by atoms with Crippen molar-refractivity contribution in [2.75, 3.05) is 24.7 Å². The number of carbonyl (C=O) groups excluding carboxylic acids is 1. The van der Waals surface area contributed by atoms with Gasteiger partial charge in [-0.1, -0.05) is 11.8 Å². The second kappa shape index (κ2) is 15.1. The molecule has 5 rings (SSSR count). The molecule has 0 aliphatic carbocycles. The number of anilines is 1. The normalized spacial score (nSPS) is 29.4. The second-order valence-corrected chi connectivity index (χ2v) is 14.9. The van der Waals surface area contributed by atoms with Crippen molar-refractivity contribution < 1.29 is 71.5 Å². The van der Waals surface area contributed by atoms with Crippen LogP contribution in [0.3, 0.4) is 0 Å². The summed E-state index contributed by atoms with van der Waals surface area (Å²) >= 11 is 1.21. The van der Waals surface area contributed by atoms with Crippen molar-refractivity contribution in [3.05, 3.63) is 42.4 Å². The highest BCUT2D eigenvalue weighted by molar-refractivity contribution is 7.99. The Labute approximate surface area is 281 Å². The van der Waals surface area contributed by atoms with Gasteiger partial charge in [-0.05, 0) is 12.1 Å². The molecule has 0 bridgehead atoms. The van der Waals surface area contributed by atoms with Crippen LogP contribution < -0.4 is 16.0 Å². The van der Waals surface area contributed by atoms with Crippen molar-refractivity contribution in [1.82, 2.24) is 14.5 Å². The zero-order chi connectivity index (χ0) is 35.7. The highest BCUT2D eigenvalue weighted by atomic mass is 32.2. The molecule has 3 aromatic heterocycles. The summed E-state index contributed by atoms with van der Waals surface area (Å²) in [5.41, 5.74) is 12.2. The first kappa shape index (κ1) is 37.2. The molecule has 3 aromatic rings. The monoisotopic (exact) mass is 747 g/mol. The third kappa shape index (κ3) is 8.31. The van der Waals surface area contributed by atoms with E-state index < -0.39 is 83.8 Å². The minimum absolute atomic E-state index is 0.0669. The van der Waals surface area contributed by atoms with Gasteiger partial charge in [0.25, 0.3) is 12.1 Å². The van der Waals surface area contributed by atoms with E-state index in [-0.39, 0.29) is 16.9 Å². The molecule has 0 radical (unpaired) electrons.